The zero-order valence-electron chi connectivity index (χ0n) is 15.0. The second kappa shape index (κ2) is 7.52. The van der Waals surface area contributed by atoms with Crippen LogP contribution in [-0.2, 0) is 4.79 Å². The molecule has 1 N–H and O–H groups in total. The van der Waals surface area contributed by atoms with Gasteiger partial charge in [-0.25, -0.2) is 0 Å². The number of fused-ring (bicyclic) bond motifs is 1. The van der Waals surface area contributed by atoms with Gasteiger partial charge in [0.2, 0.25) is 5.91 Å². The lowest BCUT2D eigenvalue weighted by molar-refractivity contribution is -0.120. The monoisotopic (exact) mass is 350 g/mol. The molecule has 2 aromatic carbocycles. The summed E-state index contributed by atoms with van der Waals surface area (Å²) in [6.45, 7) is 3.95. The molecule has 0 spiro atoms. The number of carbonyl (C=O) groups is 3. The number of aryl methyl sites for hydroxylation is 1. The van der Waals surface area contributed by atoms with Crippen molar-refractivity contribution in [1.82, 2.24) is 4.90 Å². The molecule has 3 amide bonds. The SMILES string of the molecule is CCCCC(C(=O)Nc1cccc(C)c1)N1C(=O)c2ccccc2C1=O. The minimum Gasteiger partial charge on any atom is -0.324 e. The van der Waals surface area contributed by atoms with Gasteiger partial charge >= 0.3 is 0 Å². The summed E-state index contributed by atoms with van der Waals surface area (Å²) in [7, 11) is 0. The molecule has 0 aromatic heterocycles. The average molecular weight is 350 g/mol. The highest BCUT2D eigenvalue weighted by Crippen LogP contribution is 2.27. The molecule has 5 heteroatoms. The maximum atomic E-state index is 12.9. The standard InChI is InChI=1S/C21H22N2O3/c1-3-4-12-18(19(24)22-15-9-7-8-14(2)13-15)23-20(25)16-10-5-6-11-17(16)21(23)26/h5-11,13,18H,3-4,12H2,1-2H3,(H,22,24). The maximum Gasteiger partial charge on any atom is 0.262 e. The topological polar surface area (TPSA) is 66.5 Å². The molecule has 0 saturated heterocycles. The fraction of sp³-hybridized carbons (Fsp3) is 0.286. The van der Waals surface area contributed by atoms with Crippen LogP contribution in [0.25, 0.3) is 0 Å². The quantitative estimate of drug-likeness (QED) is 0.806. The third-order valence-corrected chi connectivity index (χ3v) is 4.56. The Hall–Kier alpha value is -2.95. The van der Waals surface area contributed by atoms with Crippen LogP contribution in [-0.4, -0.2) is 28.7 Å². The second-order valence-corrected chi connectivity index (χ2v) is 6.54. The molecule has 0 radical (unpaired) electrons. The van der Waals surface area contributed by atoms with E-state index >= 15 is 0 Å². The Bertz CT molecular complexity index is 825. The van der Waals surface area contributed by atoms with Gasteiger partial charge in [0, 0.05) is 5.69 Å². The third-order valence-electron chi connectivity index (χ3n) is 4.56. The molecule has 0 fully saturated rings. The number of unbranched alkanes of at least 4 members (excludes halogenated alkanes) is 1. The average Bonchev–Trinajstić information content (AvgIpc) is 2.87. The molecule has 134 valence electrons. The van der Waals surface area contributed by atoms with Gasteiger partial charge < -0.3 is 5.32 Å². The summed E-state index contributed by atoms with van der Waals surface area (Å²) in [5.41, 5.74) is 2.41. The van der Waals surface area contributed by atoms with Crippen LogP contribution >= 0.6 is 0 Å². The van der Waals surface area contributed by atoms with Gasteiger partial charge in [0.15, 0.2) is 0 Å². The lowest BCUT2D eigenvalue weighted by Crippen LogP contribution is -2.47. The summed E-state index contributed by atoms with van der Waals surface area (Å²) in [6, 6.07) is 13.3. The molecule has 0 bridgehead atoms. The largest absolute Gasteiger partial charge is 0.324 e. The molecular formula is C21H22N2O3. The van der Waals surface area contributed by atoms with Crippen molar-refractivity contribution in [3.8, 4) is 0 Å². The van der Waals surface area contributed by atoms with Crippen LogP contribution in [0.15, 0.2) is 48.5 Å². The Morgan fingerprint density at radius 3 is 2.27 bits per heavy atom. The fourth-order valence-corrected chi connectivity index (χ4v) is 3.21. The summed E-state index contributed by atoms with van der Waals surface area (Å²) in [4.78, 5) is 39.5. The Balaban J connectivity index is 1.88. The number of carbonyl (C=O) groups excluding carboxylic acids is 3. The lowest BCUT2D eigenvalue weighted by Gasteiger charge is -2.25. The summed E-state index contributed by atoms with van der Waals surface area (Å²) in [6.07, 6.45) is 2.07. The Morgan fingerprint density at radius 1 is 1.04 bits per heavy atom. The van der Waals surface area contributed by atoms with Gasteiger partial charge in [0.1, 0.15) is 6.04 Å². The number of hydrogen-bond donors (Lipinski definition) is 1. The normalized spacial score (nSPS) is 14.3. The van der Waals surface area contributed by atoms with Gasteiger partial charge in [0.25, 0.3) is 11.8 Å². The lowest BCUT2D eigenvalue weighted by atomic mass is 10.1. The van der Waals surface area contributed by atoms with Crippen LogP contribution in [0.3, 0.4) is 0 Å². The van der Waals surface area contributed by atoms with Gasteiger partial charge in [0.05, 0.1) is 11.1 Å². The summed E-state index contributed by atoms with van der Waals surface area (Å²) in [5, 5.41) is 2.85. The van der Waals surface area contributed by atoms with E-state index in [-0.39, 0.29) is 5.91 Å². The predicted octanol–water partition coefficient (Wildman–Crippen LogP) is 3.79. The van der Waals surface area contributed by atoms with Crippen molar-refractivity contribution in [1.29, 1.82) is 0 Å². The van der Waals surface area contributed by atoms with Crippen LogP contribution in [0.1, 0.15) is 52.5 Å². The van der Waals surface area contributed by atoms with Gasteiger partial charge in [-0.3, -0.25) is 19.3 Å². The first kappa shape index (κ1) is 17.9. The van der Waals surface area contributed by atoms with E-state index in [0.717, 1.165) is 23.3 Å². The minimum absolute atomic E-state index is 0.335. The molecule has 2 aromatic rings. The third kappa shape index (κ3) is 3.38. The van der Waals surface area contributed by atoms with E-state index < -0.39 is 17.9 Å². The Morgan fingerprint density at radius 2 is 1.69 bits per heavy atom. The van der Waals surface area contributed by atoms with Crippen molar-refractivity contribution in [2.45, 2.75) is 39.2 Å². The van der Waals surface area contributed by atoms with Crippen molar-refractivity contribution in [3.05, 3.63) is 65.2 Å². The fourth-order valence-electron chi connectivity index (χ4n) is 3.21. The van der Waals surface area contributed by atoms with Crippen molar-refractivity contribution < 1.29 is 14.4 Å². The van der Waals surface area contributed by atoms with Gasteiger partial charge in [-0.05, 0) is 43.2 Å². The minimum atomic E-state index is -0.817. The van der Waals surface area contributed by atoms with E-state index in [1.54, 1.807) is 30.3 Å². The summed E-state index contributed by atoms with van der Waals surface area (Å²) in [5.74, 6) is -1.13. The highest BCUT2D eigenvalue weighted by molar-refractivity contribution is 6.23. The van der Waals surface area contributed by atoms with Crippen molar-refractivity contribution >= 4 is 23.4 Å². The van der Waals surface area contributed by atoms with Crippen LogP contribution in [0.4, 0.5) is 5.69 Å². The molecular weight excluding hydrogens is 328 g/mol. The second-order valence-electron chi connectivity index (χ2n) is 6.54. The number of nitrogens with one attached hydrogen (secondary N) is 1. The number of hydrogen-bond acceptors (Lipinski definition) is 3. The number of rotatable bonds is 6. The van der Waals surface area contributed by atoms with Gasteiger partial charge in [-0.1, -0.05) is 44.0 Å². The first-order valence-corrected chi connectivity index (χ1v) is 8.87. The first-order chi connectivity index (χ1) is 12.5. The van der Waals surface area contributed by atoms with Crippen molar-refractivity contribution in [2.24, 2.45) is 0 Å². The van der Waals surface area contributed by atoms with Crippen molar-refractivity contribution in [3.63, 3.8) is 0 Å². The Kier molecular flexibility index (Phi) is 5.16. The van der Waals surface area contributed by atoms with Gasteiger partial charge in [-0.15, -0.1) is 0 Å². The highest BCUT2D eigenvalue weighted by Gasteiger charge is 2.42. The smallest absolute Gasteiger partial charge is 0.262 e. The molecule has 1 unspecified atom stereocenters. The molecule has 1 aliphatic heterocycles. The van der Waals surface area contributed by atoms with E-state index in [9.17, 15) is 14.4 Å². The van der Waals surface area contributed by atoms with Crippen molar-refractivity contribution in [2.75, 3.05) is 5.32 Å². The first-order valence-electron chi connectivity index (χ1n) is 8.87. The van der Waals surface area contributed by atoms with E-state index in [2.05, 4.69) is 5.32 Å². The van der Waals surface area contributed by atoms with E-state index in [1.807, 2.05) is 32.0 Å². The molecule has 1 heterocycles. The van der Waals surface area contributed by atoms with Crippen LogP contribution < -0.4 is 5.32 Å². The number of benzene rings is 2. The molecule has 26 heavy (non-hydrogen) atoms. The molecule has 0 aliphatic carbocycles. The highest BCUT2D eigenvalue weighted by atomic mass is 16.2. The molecule has 3 rings (SSSR count). The zero-order valence-corrected chi connectivity index (χ0v) is 15.0. The molecule has 5 nitrogen and oxygen atoms in total. The summed E-state index contributed by atoms with van der Waals surface area (Å²) < 4.78 is 0. The van der Waals surface area contributed by atoms with Crippen LogP contribution in [0.5, 0.6) is 0 Å². The number of imide groups is 1. The van der Waals surface area contributed by atoms with Crippen LogP contribution in [0.2, 0.25) is 0 Å². The van der Waals surface area contributed by atoms with E-state index in [0.29, 0.717) is 23.2 Å². The van der Waals surface area contributed by atoms with E-state index in [1.165, 1.54) is 0 Å². The number of nitrogens with zero attached hydrogens (tertiary/aromatic N) is 1. The number of amides is 3. The zero-order chi connectivity index (χ0) is 18.7. The Labute approximate surface area is 153 Å². The van der Waals surface area contributed by atoms with Gasteiger partial charge in [-0.2, -0.15) is 0 Å². The van der Waals surface area contributed by atoms with E-state index in [4.69, 9.17) is 0 Å². The van der Waals surface area contributed by atoms with Crippen LogP contribution in [0, 0.1) is 6.92 Å². The molecule has 1 atom stereocenters. The predicted molar refractivity (Wildman–Crippen MR) is 100 cm³/mol. The molecule has 0 saturated carbocycles. The summed E-state index contributed by atoms with van der Waals surface area (Å²) >= 11 is 0. The number of anilines is 1. The molecule has 1 aliphatic rings. The maximum absolute atomic E-state index is 12.9.